The lowest BCUT2D eigenvalue weighted by molar-refractivity contribution is -0.137. The molecule has 0 saturated carbocycles. The molecule has 0 unspecified atom stereocenters. The Morgan fingerprint density at radius 2 is 1.70 bits per heavy atom. The number of carbonyl (C=O) groups is 1. The highest BCUT2D eigenvalue weighted by Gasteiger charge is 2.31. The van der Waals surface area contributed by atoms with Crippen molar-refractivity contribution in [2.45, 2.75) is 32.1 Å². The third-order valence-electron chi connectivity index (χ3n) is 6.03. The van der Waals surface area contributed by atoms with Crippen molar-refractivity contribution in [2.24, 2.45) is 11.8 Å². The summed E-state index contributed by atoms with van der Waals surface area (Å²) < 4.78 is 0. The number of benzene rings is 1. The molecule has 27 heavy (non-hydrogen) atoms. The summed E-state index contributed by atoms with van der Waals surface area (Å²) >= 11 is 0. The molecule has 142 valence electrons. The Kier molecular flexibility index (Phi) is 5.66. The zero-order chi connectivity index (χ0) is 18.5. The summed E-state index contributed by atoms with van der Waals surface area (Å²) in [6.07, 6.45) is 8.60. The molecule has 2 aromatic rings. The van der Waals surface area contributed by atoms with E-state index in [2.05, 4.69) is 50.1 Å². The van der Waals surface area contributed by atoms with Gasteiger partial charge in [-0.05, 0) is 49.7 Å². The molecular formula is C22H28N4O. The molecule has 1 aromatic carbocycles. The van der Waals surface area contributed by atoms with Crippen LogP contribution in [-0.4, -0.2) is 47.0 Å². The van der Waals surface area contributed by atoms with Gasteiger partial charge in [-0.1, -0.05) is 30.3 Å². The van der Waals surface area contributed by atoms with E-state index in [-0.39, 0.29) is 5.92 Å². The van der Waals surface area contributed by atoms with E-state index in [9.17, 15) is 4.79 Å². The summed E-state index contributed by atoms with van der Waals surface area (Å²) in [5.74, 6) is 2.22. The number of hydrogen-bond acceptors (Lipinski definition) is 4. The Hall–Kier alpha value is -2.43. The Morgan fingerprint density at radius 3 is 2.37 bits per heavy atom. The van der Waals surface area contributed by atoms with Crippen LogP contribution in [0.3, 0.4) is 0 Å². The maximum atomic E-state index is 12.9. The molecule has 0 N–H and O–H groups in total. The molecule has 0 aliphatic carbocycles. The van der Waals surface area contributed by atoms with Crippen molar-refractivity contribution in [2.75, 3.05) is 31.1 Å². The minimum Gasteiger partial charge on any atom is -0.356 e. The Labute approximate surface area is 161 Å². The van der Waals surface area contributed by atoms with Gasteiger partial charge in [-0.3, -0.25) is 4.79 Å². The number of carbonyl (C=O) groups excluding carboxylic acids is 1. The predicted molar refractivity (Wildman–Crippen MR) is 106 cm³/mol. The molecule has 4 rings (SSSR count). The third kappa shape index (κ3) is 4.46. The summed E-state index contributed by atoms with van der Waals surface area (Å²) in [4.78, 5) is 25.6. The lowest BCUT2D eigenvalue weighted by Crippen LogP contribution is -2.45. The second-order valence-electron chi connectivity index (χ2n) is 7.79. The molecule has 0 bridgehead atoms. The lowest BCUT2D eigenvalue weighted by Gasteiger charge is -2.37. The molecule has 3 heterocycles. The zero-order valence-corrected chi connectivity index (χ0v) is 15.8. The van der Waals surface area contributed by atoms with Gasteiger partial charge in [0.2, 0.25) is 5.91 Å². The van der Waals surface area contributed by atoms with Gasteiger partial charge < -0.3 is 9.80 Å². The second-order valence-corrected chi connectivity index (χ2v) is 7.79. The fourth-order valence-corrected chi connectivity index (χ4v) is 4.39. The minimum absolute atomic E-state index is 0.175. The first kappa shape index (κ1) is 18.0. The summed E-state index contributed by atoms with van der Waals surface area (Å²) in [6.45, 7) is 3.64. The maximum Gasteiger partial charge on any atom is 0.225 e. The van der Waals surface area contributed by atoms with Crippen LogP contribution in [0.1, 0.15) is 31.2 Å². The van der Waals surface area contributed by atoms with Gasteiger partial charge in [-0.15, -0.1) is 0 Å². The van der Waals surface area contributed by atoms with Crippen molar-refractivity contribution in [3.05, 3.63) is 54.5 Å². The average Bonchev–Trinajstić information content (AvgIpc) is 2.75. The van der Waals surface area contributed by atoms with Crippen LogP contribution in [0.4, 0.5) is 5.82 Å². The molecule has 2 aliphatic rings. The van der Waals surface area contributed by atoms with Crippen molar-refractivity contribution in [1.29, 1.82) is 0 Å². The van der Waals surface area contributed by atoms with Gasteiger partial charge in [-0.2, -0.15) is 0 Å². The van der Waals surface area contributed by atoms with E-state index in [4.69, 9.17) is 0 Å². The topological polar surface area (TPSA) is 49.3 Å². The molecular weight excluding hydrogens is 336 g/mol. The quantitative estimate of drug-likeness (QED) is 0.836. The van der Waals surface area contributed by atoms with Crippen molar-refractivity contribution >= 4 is 11.7 Å². The van der Waals surface area contributed by atoms with Crippen LogP contribution < -0.4 is 4.90 Å². The van der Waals surface area contributed by atoms with Crippen LogP contribution in [0.5, 0.6) is 0 Å². The largest absolute Gasteiger partial charge is 0.356 e. The van der Waals surface area contributed by atoms with E-state index < -0.39 is 0 Å². The van der Waals surface area contributed by atoms with E-state index in [0.717, 1.165) is 64.1 Å². The number of amides is 1. The molecule has 1 aromatic heterocycles. The molecule has 5 heteroatoms. The predicted octanol–water partition coefficient (Wildman–Crippen LogP) is 3.17. The number of piperidine rings is 2. The Morgan fingerprint density at radius 1 is 0.963 bits per heavy atom. The highest BCUT2D eigenvalue weighted by Crippen LogP contribution is 2.27. The SMILES string of the molecule is O=C(C1CCN(c2ccncn2)CC1)N1CCC(Cc2ccccc2)CC1. The van der Waals surface area contributed by atoms with Crippen LogP contribution in [0.25, 0.3) is 0 Å². The number of nitrogens with zero attached hydrogens (tertiary/aromatic N) is 4. The standard InChI is InChI=1S/C22H28N4O/c27-22(20-9-14-25(15-10-20)21-6-11-23-17-24-21)26-12-7-19(8-13-26)16-18-4-2-1-3-5-18/h1-6,11,17,19-20H,7-10,12-16H2. The van der Waals surface area contributed by atoms with Gasteiger partial charge >= 0.3 is 0 Å². The molecule has 1 amide bonds. The third-order valence-corrected chi connectivity index (χ3v) is 6.03. The highest BCUT2D eigenvalue weighted by molar-refractivity contribution is 5.79. The molecule has 0 atom stereocenters. The van der Waals surface area contributed by atoms with Gasteiger partial charge in [0.05, 0.1) is 0 Å². The fraction of sp³-hybridized carbons (Fsp3) is 0.500. The lowest BCUT2D eigenvalue weighted by atomic mass is 9.88. The van der Waals surface area contributed by atoms with Crippen molar-refractivity contribution in [3.63, 3.8) is 0 Å². The van der Waals surface area contributed by atoms with Crippen LogP contribution >= 0.6 is 0 Å². The van der Waals surface area contributed by atoms with Crippen molar-refractivity contribution < 1.29 is 4.79 Å². The zero-order valence-electron chi connectivity index (χ0n) is 15.8. The number of rotatable bonds is 4. The van der Waals surface area contributed by atoms with Crippen LogP contribution in [0, 0.1) is 11.8 Å². The van der Waals surface area contributed by atoms with E-state index in [1.807, 2.05) is 6.07 Å². The minimum atomic E-state index is 0.175. The number of likely N-dealkylation sites (tertiary alicyclic amines) is 1. The van der Waals surface area contributed by atoms with Gasteiger partial charge in [0.15, 0.2) is 0 Å². The highest BCUT2D eigenvalue weighted by atomic mass is 16.2. The summed E-state index contributed by atoms with van der Waals surface area (Å²) in [6, 6.07) is 12.7. The normalized spacial score (nSPS) is 19.3. The number of anilines is 1. The summed E-state index contributed by atoms with van der Waals surface area (Å²) in [5, 5.41) is 0. The van der Waals surface area contributed by atoms with Crippen molar-refractivity contribution in [3.8, 4) is 0 Å². The summed E-state index contributed by atoms with van der Waals surface area (Å²) in [7, 11) is 0. The Balaban J connectivity index is 1.24. The van der Waals surface area contributed by atoms with E-state index in [1.165, 1.54) is 5.56 Å². The molecule has 2 fully saturated rings. The molecule has 0 radical (unpaired) electrons. The number of hydrogen-bond donors (Lipinski definition) is 0. The van der Waals surface area contributed by atoms with Crippen molar-refractivity contribution in [1.82, 2.24) is 14.9 Å². The molecule has 2 saturated heterocycles. The van der Waals surface area contributed by atoms with E-state index in [1.54, 1.807) is 12.5 Å². The maximum absolute atomic E-state index is 12.9. The van der Waals surface area contributed by atoms with E-state index in [0.29, 0.717) is 11.8 Å². The average molecular weight is 364 g/mol. The monoisotopic (exact) mass is 364 g/mol. The first-order valence-corrected chi connectivity index (χ1v) is 10.1. The van der Waals surface area contributed by atoms with Crippen LogP contribution in [0.2, 0.25) is 0 Å². The van der Waals surface area contributed by atoms with Gasteiger partial charge in [0, 0.05) is 38.3 Å². The first-order valence-electron chi connectivity index (χ1n) is 10.1. The smallest absolute Gasteiger partial charge is 0.225 e. The van der Waals surface area contributed by atoms with Crippen LogP contribution in [-0.2, 0) is 11.2 Å². The van der Waals surface area contributed by atoms with E-state index >= 15 is 0 Å². The molecule has 0 spiro atoms. The number of aromatic nitrogens is 2. The van der Waals surface area contributed by atoms with Gasteiger partial charge in [0.1, 0.15) is 12.1 Å². The molecule has 5 nitrogen and oxygen atoms in total. The fourth-order valence-electron chi connectivity index (χ4n) is 4.39. The van der Waals surface area contributed by atoms with Crippen LogP contribution in [0.15, 0.2) is 48.9 Å². The Bertz CT molecular complexity index is 720. The second kappa shape index (κ2) is 8.51. The first-order chi connectivity index (χ1) is 13.3. The molecule has 2 aliphatic heterocycles. The van der Waals surface area contributed by atoms with Gasteiger partial charge in [0.25, 0.3) is 0 Å². The summed E-state index contributed by atoms with van der Waals surface area (Å²) in [5.41, 5.74) is 1.42. The van der Waals surface area contributed by atoms with Gasteiger partial charge in [-0.25, -0.2) is 9.97 Å².